The number of unbranched alkanes of at least 4 members (excludes halogenated alkanes) is 24. The van der Waals surface area contributed by atoms with E-state index in [9.17, 15) is 14.7 Å². The number of aliphatic hydroxyl groups excluding tert-OH is 1. The third-order valence-electron chi connectivity index (χ3n) is 7.69. The van der Waals surface area contributed by atoms with E-state index in [1.807, 2.05) is 0 Å². The van der Waals surface area contributed by atoms with Gasteiger partial charge in [0, 0.05) is 15.6 Å². The fourth-order valence-corrected chi connectivity index (χ4v) is 5.05. The maximum Gasteiger partial charge on any atom is 0.306 e. The Bertz CT molecular complexity index is 576. The third-order valence-corrected chi connectivity index (χ3v) is 7.69. The molecule has 0 heterocycles. The number of hydrogen-bond donors (Lipinski definition) is 1. The van der Waals surface area contributed by atoms with Gasteiger partial charge in [0.2, 0.25) is 0 Å². The van der Waals surface area contributed by atoms with E-state index in [1.165, 1.54) is 116 Å². The van der Waals surface area contributed by atoms with Crippen LogP contribution >= 0.6 is 0 Å². The number of carbonyl (C=O) groups is 2. The zero-order chi connectivity index (χ0) is 30.8. The van der Waals surface area contributed by atoms with Crippen LogP contribution in [0.25, 0.3) is 0 Å². The summed E-state index contributed by atoms with van der Waals surface area (Å²) in [4.78, 5) is 24.1. The van der Waals surface area contributed by atoms with Gasteiger partial charge in [0.25, 0.3) is 0 Å². The Labute approximate surface area is 251 Å². The van der Waals surface area contributed by atoms with Gasteiger partial charge in [-0.1, -0.05) is 168 Å². The van der Waals surface area contributed by atoms with Crippen LogP contribution in [0.1, 0.15) is 196 Å². The number of ether oxygens (including phenoxy) is 2. The Morgan fingerprint density at radius 1 is 0.525 bits per heavy atom. The average molecular weight is 571 g/mol. The van der Waals surface area contributed by atoms with Gasteiger partial charge in [0.05, 0.1) is 6.61 Å². The Balaban J connectivity index is 3.51. The van der Waals surface area contributed by atoms with Gasteiger partial charge in [-0.05, 0) is 12.8 Å². The largest absolute Gasteiger partial charge is 0.462 e. The van der Waals surface area contributed by atoms with Gasteiger partial charge in [-0.25, -0.2) is 0 Å². The molecule has 0 aliphatic heterocycles. The maximum absolute atomic E-state index is 12.1. The molecule has 1 atom stereocenters. The van der Waals surface area contributed by atoms with Crippen molar-refractivity contribution in [1.29, 1.82) is 0 Å². The molecule has 238 valence electrons. The highest BCUT2D eigenvalue weighted by atomic mass is 16.6. The number of esters is 2. The van der Waals surface area contributed by atoms with E-state index in [0.717, 1.165) is 51.4 Å². The monoisotopic (exact) mass is 571 g/mol. The lowest BCUT2D eigenvalue weighted by atomic mass is 10.0. The van der Waals surface area contributed by atoms with Gasteiger partial charge in [0.15, 0.2) is 6.10 Å². The molecule has 0 aliphatic rings. The molecule has 0 radical (unpaired) electrons. The topological polar surface area (TPSA) is 72.8 Å². The van der Waals surface area contributed by atoms with E-state index in [2.05, 4.69) is 0 Å². The van der Waals surface area contributed by atoms with Crippen molar-refractivity contribution in [2.24, 2.45) is 0 Å². The van der Waals surface area contributed by atoms with Crippen molar-refractivity contribution in [3.8, 4) is 0 Å². The first-order valence-corrected chi connectivity index (χ1v) is 17.2. The lowest BCUT2D eigenvalue weighted by Crippen LogP contribution is -2.28. The van der Waals surface area contributed by atoms with Crippen LogP contribution < -0.4 is 0 Å². The number of aliphatic hydroxyl groups is 1. The quantitative estimate of drug-likeness (QED) is 0.0643. The molecule has 0 saturated carbocycles. The molecule has 0 spiro atoms. The molecule has 5 heteroatoms. The molecular formula is C35H68O5. The van der Waals surface area contributed by atoms with Gasteiger partial charge < -0.3 is 14.6 Å². The molecule has 0 bridgehead atoms. The summed E-state index contributed by atoms with van der Waals surface area (Å²) < 4.78 is 24.9. The maximum atomic E-state index is 12.1. The van der Waals surface area contributed by atoms with E-state index in [0.29, 0.717) is 26.6 Å². The predicted octanol–water partition coefficient (Wildman–Crippen LogP) is 10.4. The minimum atomic E-state index is -0.776. The molecule has 0 amide bonds. The molecule has 0 aromatic rings. The van der Waals surface area contributed by atoms with Gasteiger partial charge in [0.1, 0.15) is 6.61 Å². The van der Waals surface area contributed by atoms with Crippen LogP contribution in [0.5, 0.6) is 0 Å². The van der Waals surface area contributed by atoms with Crippen molar-refractivity contribution >= 4 is 11.9 Å². The first-order chi connectivity index (χ1) is 20.6. The summed E-state index contributed by atoms with van der Waals surface area (Å²) in [6.07, 6.45) is 31.1. The second kappa shape index (κ2) is 32.4. The first-order valence-electron chi connectivity index (χ1n) is 18.6. The minimum absolute atomic E-state index is 0.0729. The summed E-state index contributed by atoms with van der Waals surface area (Å²) in [5.41, 5.74) is 0. The van der Waals surface area contributed by atoms with Crippen LogP contribution in [-0.4, -0.2) is 36.4 Å². The van der Waals surface area contributed by atoms with Crippen molar-refractivity contribution in [3.63, 3.8) is 0 Å². The smallest absolute Gasteiger partial charge is 0.306 e. The van der Waals surface area contributed by atoms with Crippen molar-refractivity contribution in [1.82, 2.24) is 0 Å². The van der Waals surface area contributed by atoms with Crippen LogP contribution in [0.15, 0.2) is 0 Å². The summed E-state index contributed by atoms with van der Waals surface area (Å²) in [6, 6.07) is 0. The van der Waals surface area contributed by atoms with Gasteiger partial charge in [-0.2, -0.15) is 0 Å². The van der Waals surface area contributed by atoms with Crippen molar-refractivity contribution in [2.45, 2.75) is 200 Å². The Morgan fingerprint density at radius 2 is 0.850 bits per heavy atom. The van der Waals surface area contributed by atoms with Crippen LogP contribution in [0.2, 0.25) is 0 Å². The van der Waals surface area contributed by atoms with Crippen LogP contribution in [-0.2, 0) is 19.1 Å². The highest BCUT2D eigenvalue weighted by Crippen LogP contribution is 2.15. The zero-order valence-corrected chi connectivity index (χ0v) is 26.3. The van der Waals surface area contributed by atoms with E-state index < -0.39 is 6.10 Å². The third kappa shape index (κ3) is 29.9. The van der Waals surface area contributed by atoms with E-state index in [-0.39, 0.29) is 25.2 Å². The predicted molar refractivity (Wildman–Crippen MR) is 169 cm³/mol. The molecule has 40 heavy (non-hydrogen) atoms. The van der Waals surface area contributed by atoms with Crippen molar-refractivity contribution in [3.05, 3.63) is 0 Å². The summed E-state index contributed by atoms with van der Waals surface area (Å²) in [5.74, 6) is -0.611. The Kier molecular flexibility index (Phi) is 28.4. The lowest BCUT2D eigenvalue weighted by molar-refractivity contribution is -0.161. The Morgan fingerprint density at radius 3 is 1.20 bits per heavy atom. The molecule has 0 rings (SSSR count). The highest BCUT2D eigenvalue weighted by molar-refractivity contribution is 5.70. The molecule has 0 aromatic carbocycles. The second-order valence-corrected chi connectivity index (χ2v) is 11.7. The SMILES string of the molecule is [2H]CCCCCCCCCCCCCCCC(=O)OCC(CO)OC(=O)CCCCCCCCCCCCCCC[2H]. The fourth-order valence-electron chi connectivity index (χ4n) is 5.05. The first kappa shape index (κ1) is 35.1. The molecular weight excluding hydrogens is 500 g/mol. The minimum Gasteiger partial charge on any atom is -0.462 e. The summed E-state index contributed by atoms with van der Waals surface area (Å²) in [7, 11) is 0. The molecule has 5 nitrogen and oxygen atoms in total. The normalized spacial score (nSPS) is 12.6. The van der Waals surface area contributed by atoms with Crippen molar-refractivity contribution < 1.29 is 26.9 Å². The van der Waals surface area contributed by atoms with Gasteiger partial charge in [-0.15, -0.1) is 0 Å². The number of rotatable bonds is 32. The van der Waals surface area contributed by atoms with Gasteiger partial charge in [-0.3, -0.25) is 9.59 Å². The van der Waals surface area contributed by atoms with E-state index in [4.69, 9.17) is 12.2 Å². The highest BCUT2D eigenvalue weighted by Gasteiger charge is 2.16. The number of hydrogen-bond acceptors (Lipinski definition) is 5. The van der Waals surface area contributed by atoms with Crippen LogP contribution in [0, 0.1) is 0 Å². The number of carbonyl (C=O) groups excluding carboxylic acids is 2. The second-order valence-electron chi connectivity index (χ2n) is 11.7. The summed E-state index contributed by atoms with van der Waals surface area (Å²) in [6.45, 7) is 0.728. The molecule has 0 fully saturated rings. The lowest BCUT2D eigenvalue weighted by Gasteiger charge is -2.15. The molecule has 1 unspecified atom stereocenters. The van der Waals surface area contributed by atoms with Gasteiger partial charge >= 0.3 is 11.9 Å². The standard InChI is InChI=1S/C35H68O5/c1-3-5-7-9-11-13-15-17-19-21-23-25-27-29-34(37)39-32-33(31-36)40-35(38)30-28-26-24-22-20-18-16-14-12-10-8-6-4-2/h33,36H,3-32H2,1-2H3/i1D,2D. The molecule has 0 aromatic heterocycles. The molecule has 1 N–H and O–H groups in total. The van der Waals surface area contributed by atoms with E-state index in [1.54, 1.807) is 0 Å². The summed E-state index contributed by atoms with van der Waals surface area (Å²) in [5, 5.41) is 9.51. The molecule has 0 saturated heterocycles. The zero-order valence-electron chi connectivity index (χ0n) is 28.3. The van der Waals surface area contributed by atoms with E-state index >= 15 is 0 Å². The van der Waals surface area contributed by atoms with Crippen LogP contribution in [0.3, 0.4) is 0 Å². The fraction of sp³-hybridized carbons (Fsp3) is 0.943. The molecule has 0 aliphatic carbocycles. The van der Waals surface area contributed by atoms with Crippen molar-refractivity contribution in [2.75, 3.05) is 13.2 Å². The Hall–Kier alpha value is -1.10. The average Bonchev–Trinajstić information content (AvgIpc) is 2.99. The van der Waals surface area contributed by atoms with Crippen LogP contribution in [0.4, 0.5) is 0 Å². The summed E-state index contributed by atoms with van der Waals surface area (Å²) >= 11 is 0.